The van der Waals surface area contributed by atoms with Gasteiger partial charge in [-0.1, -0.05) is 19.1 Å². The van der Waals surface area contributed by atoms with Crippen LogP contribution < -0.4 is 0 Å². The average molecular weight is 122 g/mol. The Morgan fingerprint density at radius 1 is 1.33 bits per heavy atom. The number of hydrogen-bond acceptors (Lipinski definition) is 0. The lowest BCUT2D eigenvalue weighted by Crippen LogP contribution is -2.39. The van der Waals surface area contributed by atoms with Gasteiger partial charge in [0.15, 0.2) is 0 Å². The molecule has 3 aliphatic carbocycles. The Labute approximate surface area is 57.0 Å². The third-order valence-corrected chi connectivity index (χ3v) is 3.19. The van der Waals surface area contributed by atoms with Gasteiger partial charge in [0.05, 0.1) is 0 Å². The van der Waals surface area contributed by atoms with Crippen molar-refractivity contribution in [2.45, 2.75) is 26.2 Å². The average Bonchev–Trinajstić information content (AvgIpc) is 1.87. The van der Waals surface area contributed by atoms with Crippen LogP contribution in [0.4, 0.5) is 0 Å². The van der Waals surface area contributed by atoms with Gasteiger partial charge >= 0.3 is 0 Å². The highest BCUT2D eigenvalue weighted by atomic mass is 14.5. The van der Waals surface area contributed by atoms with Crippen LogP contribution in [0.2, 0.25) is 0 Å². The van der Waals surface area contributed by atoms with Crippen LogP contribution in [-0.4, -0.2) is 0 Å². The number of rotatable bonds is 0. The second kappa shape index (κ2) is 1.62. The summed E-state index contributed by atoms with van der Waals surface area (Å²) in [7, 11) is 0. The van der Waals surface area contributed by atoms with Crippen molar-refractivity contribution in [3.05, 3.63) is 12.2 Å². The normalized spacial score (nSPS) is 48.6. The monoisotopic (exact) mass is 122 g/mol. The molecular formula is C9H14. The maximum absolute atomic E-state index is 4.03. The molecule has 3 saturated carbocycles. The first-order valence-corrected chi connectivity index (χ1v) is 3.94. The third kappa shape index (κ3) is 0.654. The van der Waals surface area contributed by atoms with Crippen LogP contribution in [-0.2, 0) is 0 Å². The zero-order valence-electron chi connectivity index (χ0n) is 6.06. The summed E-state index contributed by atoms with van der Waals surface area (Å²) in [5.41, 5.74) is 1.51. The van der Waals surface area contributed by atoms with E-state index in [2.05, 4.69) is 13.5 Å². The van der Waals surface area contributed by atoms with E-state index in [0.29, 0.717) is 0 Å². The molecule has 0 amide bonds. The van der Waals surface area contributed by atoms with Crippen molar-refractivity contribution >= 4 is 0 Å². The molecule has 0 radical (unpaired) electrons. The van der Waals surface area contributed by atoms with E-state index in [9.17, 15) is 0 Å². The van der Waals surface area contributed by atoms with E-state index in [1.54, 1.807) is 0 Å². The van der Waals surface area contributed by atoms with Gasteiger partial charge in [-0.3, -0.25) is 0 Å². The molecule has 0 saturated heterocycles. The Hall–Kier alpha value is -0.260. The van der Waals surface area contributed by atoms with Gasteiger partial charge in [-0.2, -0.15) is 0 Å². The van der Waals surface area contributed by atoms with Crippen molar-refractivity contribution in [1.82, 2.24) is 0 Å². The van der Waals surface area contributed by atoms with E-state index in [-0.39, 0.29) is 0 Å². The lowest BCUT2D eigenvalue weighted by molar-refractivity contribution is 0.0579. The fourth-order valence-electron chi connectivity index (χ4n) is 2.37. The summed E-state index contributed by atoms with van der Waals surface area (Å²) in [6.45, 7) is 6.42. The van der Waals surface area contributed by atoms with Gasteiger partial charge in [-0.05, 0) is 37.0 Å². The third-order valence-electron chi connectivity index (χ3n) is 3.19. The zero-order valence-corrected chi connectivity index (χ0v) is 6.06. The lowest BCUT2D eigenvalue weighted by Gasteiger charge is -2.48. The summed E-state index contributed by atoms with van der Waals surface area (Å²) in [6.07, 6.45) is 4.16. The first-order chi connectivity index (χ1) is 4.27. The van der Waals surface area contributed by atoms with Crippen LogP contribution in [0.1, 0.15) is 26.2 Å². The summed E-state index contributed by atoms with van der Waals surface area (Å²) in [6, 6.07) is 0. The van der Waals surface area contributed by atoms with Crippen LogP contribution in [0.3, 0.4) is 0 Å². The van der Waals surface area contributed by atoms with E-state index in [4.69, 9.17) is 0 Å². The van der Waals surface area contributed by atoms with Gasteiger partial charge in [0.1, 0.15) is 0 Å². The van der Waals surface area contributed by atoms with Crippen LogP contribution in [0.25, 0.3) is 0 Å². The molecule has 0 N–H and O–H groups in total. The van der Waals surface area contributed by atoms with Gasteiger partial charge in [0.25, 0.3) is 0 Å². The molecule has 2 unspecified atom stereocenters. The molecule has 3 rings (SSSR count). The maximum atomic E-state index is 4.03. The van der Waals surface area contributed by atoms with Crippen LogP contribution >= 0.6 is 0 Å². The molecule has 2 atom stereocenters. The molecular weight excluding hydrogens is 108 g/mol. The molecule has 3 fully saturated rings. The van der Waals surface area contributed by atoms with Crippen molar-refractivity contribution < 1.29 is 0 Å². The molecule has 9 heavy (non-hydrogen) atoms. The van der Waals surface area contributed by atoms with Crippen LogP contribution in [0.5, 0.6) is 0 Å². The van der Waals surface area contributed by atoms with Crippen LogP contribution in [0.15, 0.2) is 12.2 Å². The first-order valence-electron chi connectivity index (χ1n) is 3.94. The van der Waals surface area contributed by atoms with E-state index in [0.717, 1.165) is 17.8 Å². The van der Waals surface area contributed by atoms with Gasteiger partial charge in [0, 0.05) is 0 Å². The predicted octanol–water partition coefficient (Wildman–Crippen LogP) is 2.61. The summed E-state index contributed by atoms with van der Waals surface area (Å²) >= 11 is 0. The number of hydrogen-bond donors (Lipinski definition) is 0. The van der Waals surface area contributed by atoms with Gasteiger partial charge in [-0.25, -0.2) is 0 Å². The minimum absolute atomic E-state index is 1.02. The highest BCUT2D eigenvalue weighted by Crippen LogP contribution is 2.51. The number of allylic oxidation sites excluding steroid dienone is 1. The van der Waals surface area contributed by atoms with Crippen molar-refractivity contribution in [2.75, 3.05) is 0 Å². The van der Waals surface area contributed by atoms with Crippen molar-refractivity contribution in [3.63, 3.8) is 0 Å². The van der Waals surface area contributed by atoms with Crippen LogP contribution in [0, 0.1) is 17.8 Å². The molecule has 0 heterocycles. The Balaban J connectivity index is 2.09. The van der Waals surface area contributed by atoms with Crippen molar-refractivity contribution in [3.8, 4) is 0 Å². The molecule has 2 bridgehead atoms. The minimum atomic E-state index is 1.02. The maximum Gasteiger partial charge on any atom is -0.0292 e. The predicted molar refractivity (Wildman–Crippen MR) is 39.1 cm³/mol. The van der Waals surface area contributed by atoms with Crippen molar-refractivity contribution in [1.29, 1.82) is 0 Å². The second-order valence-electron chi connectivity index (χ2n) is 3.77. The fraction of sp³-hybridized carbons (Fsp3) is 0.778. The largest absolute Gasteiger partial charge is 0.0998 e. The molecule has 0 spiro atoms. The summed E-state index contributed by atoms with van der Waals surface area (Å²) in [5, 5.41) is 0. The van der Waals surface area contributed by atoms with Gasteiger partial charge < -0.3 is 0 Å². The number of fused-ring (bicyclic) bond motifs is 2. The quantitative estimate of drug-likeness (QED) is 0.433. The molecule has 50 valence electrons. The molecule has 0 aromatic rings. The second-order valence-corrected chi connectivity index (χ2v) is 3.77. The molecule has 0 aromatic carbocycles. The molecule has 0 aliphatic heterocycles. The minimum Gasteiger partial charge on any atom is -0.0998 e. The summed E-state index contributed by atoms with van der Waals surface area (Å²) < 4.78 is 0. The standard InChI is InChI=1S/C9H14/c1-6-3-8-5-9(4-6)7(8)2/h7-9H,1,3-5H2,2H3. The Kier molecular flexibility index (Phi) is 0.992. The van der Waals surface area contributed by atoms with Crippen molar-refractivity contribution in [2.24, 2.45) is 17.8 Å². The Morgan fingerprint density at radius 3 is 2.22 bits per heavy atom. The van der Waals surface area contributed by atoms with E-state index in [1.807, 2.05) is 0 Å². The molecule has 0 heteroatoms. The lowest BCUT2D eigenvalue weighted by atomic mass is 9.57. The van der Waals surface area contributed by atoms with Gasteiger partial charge in [-0.15, -0.1) is 0 Å². The molecule has 3 aliphatic rings. The topological polar surface area (TPSA) is 0 Å². The zero-order chi connectivity index (χ0) is 6.43. The molecule has 0 aromatic heterocycles. The highest BCUT2D eigenvalue weighted by molar-refractivity contribution is 5.09. The van der Waals surface area contributed by atoms with E-state index in [1.165, 1.54) is 24.8 Å². The molecule has 0 nitrogen and oxygen atoms in total. The summed E-state index contributed by atoms with van der Waals surface area (Å²) in [4.78, 5) is 0. The first kappa shape index (κ1) is 5.52. The van der Waals surface area contributed by atoms with E-state index < -0.39 is 0 Å². The summed E-state index contributed by atoms with van der Waals surface area (Å²) in [5.74, 6) is 3.07. The Morgan fingerprint density at radius 2 is 1.89 bits per heavy atom. The van der Waals surface area contributed by atoms with E-state index >= 15 is 0 Å². The highest BCUT2D eigenvalue weighted by Gasteiger charge is 2.41. The fourth-order valence-corrected chi connectivity index (χ4v) is 2.37. The SMILES string of the molecule is C=C1CC2CC(C1)C2C. The Bertz CT molecular complexity index is 132. The van der Waals surface area contributed by atoms with Gasteiger partial charge in [0.2, 0.25) is 0 Å². The smallest absolute Gasteiger partial charge is 0.0292 e.